The van der Waals surface area contributed by atoms with Gasteiger partial charge in [0.2, 0.25) is 0 Å². The van der Waals surface area contributed by atoms with Gasteiger partial charge in [-0.25, -0.2) is 0 Å². The lowest BCUT2D eigenvalue weighted by molar-refractivity contribution is 0.0309. The molecule has 0 spiro atoms. The van der Waals surface area contributed by atoms with Crippen molar-refractivity contribution in [3.05, 3.63) is 69.3 Å². The maximum Gasteiger partial charge on any atom is 0.0902 e. The third kappa shape index (κ3) is 2.56. The molecule has 0 aliphatic heterocycles. The summed E-state index contributed by atoms with van der Waals surface area (Å²) in [6.45, 7) is 1.95. The van der Waals surface area contributed by atoms with Crippen molar-refractivity contribution in [2.45, 2.75) is 24.9 Å². The second-order valence-electron chi connectivity index (χ2n) is 5.51. The summed E-state index contributed by atoms with van der Waals surface area (Å²) in [6, 6.07) is 18.7. The summed E-state index contributed by atoms with van der Waals surface area (Å²) < 4.78 is 1.20. The van der Waals surface area contributed by atoms with Crippen molar-refractivity contribution in [2.75, 3.05) is 0 Å². The van der Waals surface area contributed by atoms with Gasteiger partial charge in [0, 0.05) is 3.57 Å². The Morgan fingerprint density at radius 2 is 1.68 bits per heavy atom. The molecule has 1 aliphatic carbocycles. The van der Waals surface area contributed by atoms with Gasteiger partial charge in [-0.2, -0.15) is 0 Å². The maximum absolute atomic E-state index is 10.8. The molecule has 1 nitrogen and oxygen atoms in total. The van der Waals surface area contributed by atoms with E-state index in [9.17, 15) is 5.11 Å². The van der Waals surface area contributed by atoms with Crippen LogP contribution in [0.3, 0.4) is 0 Å². The van der Waals surface area contributed by atoms with Gasteiger partial charge in [-0.3, -0.25) is 0 Å². The van der Waals surface area contributed by atoms with Crippen LogP contribution in [0.15, 0.2) is 54.6 Å². The van der Waals surface area contributed by atoms with E-state index in [0.717, 1.165) is 12.0 Å². The van der Waals surface area contributed by atoms with E-state index in [4.69, 9.17) is 0 Å². The number of aliphatic hydroxyl groups is 1. The fourth-order valence-corrected chi connectivity index (χ4v) is 3.25. The minimum atomic E-state index is -0.731. The first-order valence-electron chi connectivity index (χ1n) is 6.62. The van der Waals surface area contributed by atoms with Crippen LogP contribution in [0.25, 0.3) is 0 Å². The quantitative estimate of drug-likeness (QED) is 0.806. The molecule has 1 fully saturated rings. The van der Waals surface area contributed by atoms with E-state index in [1.54, 1.807) is 0 Å². The van der Waals surface area contributed by atoms with Gasteiger partial charge in [-0.05, 0) is 71.0 Å². The molecular formula is C17H17IO. The summed E-state index contributed by atoms with van der Waals surface area (Å²) in [5, 5.41) is 10.8. The van der Waals surface area contributed by atoms with Crippen molar-refractivity contribution in [3.63, 3.8) is 0 Å². The molecule has 2 heteroatoms. The molecule has 0 amide bonds. The molecule has 3 atom stereocenters. The third-order valence-electron chi connectivity index (χ3n) is 4.17. The van der Waals surface area contributed by atoms with Crippen molar-refractivity contribution in [1.29, 1.82) is 0 Å². The number of benzene rings is 2. The minimum Gasteiger partial charge on any atom is -0.385 e. The number of rotatable bonds is 3. The average molecular weight is 364 g/mol. The fourth-order valence-electron chi connectivity index (χ4n) is 2.89. The summed E-state index contributed by atoms with van der Waals surface area (Å²) in [7, 11) is 0. The molecule has 0 radical (unpaired) electrons. The molecule has 1 saturated carbocycles. The Morgan fingerprint density at radius 3 is 2.32 bits per heavy atom. The van der Waals surface area contributed by atoms with E-state index in [2.05, 4.69) is 59.0 Å². The topological polar surface area (TPSA) is 20.2 Å². The van der Waals surface area contributed by atoms with Gasteiger partial charge in [0.05, 0.1) is 5.60 Å². The van der Waals surface area contributed by atoms with E-state index < -0.39 is 5.60 Å². The molecule has 0 heterocycles. The maximum atomic E-state index is 10.8. The molecule has 98 valence electrons. The van der Waals surface area contributed by atoms with Gasteiger partial charge >= 0.3 is 0 Å². The van der Waals surface area contributed by atoms with Gasteiger partial charge < -0.3 is 5.11 Å². The highest BCUT2D eigenvalue weighted by Crippen LogP contribution is 2.56. The molecule has 0 aromatic heterocycles. The molecule has 19 heavy (non-hydrogen) atoms. The smallest absolute Gasteiger partial charge is 0.0902 e. The Hall–Kier alpha value is -0.870. The molecule has 1 N–H and O–H groups in total. The standard InChI is InChI=1S/C17H17IO/c1-17(19,13-7-9-14(18)10-8-13)16-11-15(16)12-5-3-2-4-6-12/h2-10,15-16,19H,11H2,1H3. The van der Waals surface area contributed by atoms with Crippen molar-refractivity contribution in [1.82, 2.24) is 0 Å². The molecule has 1 aliphatic rings. The Kier molecular flexibility index (Phi) is 3.39. The molecule has 3 rings (SSSR count). The van der Waals surface area contributed by atoms with Gasteiger partial charge in [0.15, 0.2) is 0 Å². The van der Waals surface area contributed by atoms with Gasteiger partial charge in [0.1, 0.15) is 0 Å². The SMILES string of the molecule is CC(O)(c1ccc(I)cc1)C1CC1c1ccccc1. The summed E-state index contributed by atoms with van der Waals surface area (Å²) in [5.74, 6) is 0.824. The molecular weight excluding hydrogens is 347 g/mol. The van der Waals surface area contributed by atoms with Crippen LogP contribution in [0.4, 0.5) is 0 Å². The Balaban J connectivity index is 1.82. The van der Waals surface area contributed by atoms with Crippen LogP contribution >= 0.6 is 22.6 Å². The monoisotopic (exact) mass is 364 g/mol. The summed E-state index contributed by atoms with van der Waals surface area (Å²) in [5.41, 5.74) is 1.64. The zero-order valence-electron chi connectivity index (χ0n) is 10.9. The molecule has 3 unspecified atom stereocenters. The van der Waals surface area contributed by atoms with E-state index in [1.807, 2.05) is 25.1 Å². The van der Waals surface area contributed by atoms with Crippen molar-refractivity contribution >= 4 is 22.6 Å². The van der Waals surface area contributed by atoms with Crippen molar-refractivity contribution in [2.24, 2.45) is 5.92 Å². The van der Waals surface area contributed by atoms with E-state index in [0.29, 0.717) is 11.8 Å². The van der Waals surface area contributed by atoms with Crippen LogP contribution in [0.2, 0.25) is 0 Å². The highest BCUT2D eigenvalue weighted by atomic mass is 127. The summed E-state index contributed by atoms with van der Waals surface area (Å²) in [6.07, 6.45) is 1.07. The first-order valence-corrected chi connectivity index (χ1v) is 7.70. The van der Waals surface area contributed by atoms with Gasteiger partial charge in [0.25, 0.3) is 0 Å². The highest BCUT2D eigenvalue weighted by Gasteiger charge is 2.50. The summed E-state index contributed by atoms with van der Waals surface area (Å²) in [4.78, 5) is 0. The lowest BCUT2D eigenvalue weighted by atomic mass is 9.89. The Morgan fingerprint density at radius 1 is 1.05 bits per heavy atom. The second kappa shape index (κ2) is 4.91. The van der Waals surface area contributed by atoms with Crippen LogP contribution < -0.4 is 0 Å². The van der Waals surface area contributed by atoms with Crippen LogP contribution in [-0.2, 0) is 5.60 Å². The van der Waals surface area contributed by atoms with Crippen molar-refractivity contribution < 1.29 is 5.11 Å². The Labute approximate surface area is 127 Å². The first kappa shape index (κ1) is 13.1. The van der Waals surface area contributed by atoms with E-state index >= 15 is 0 Å². The van der Waals surface area contributed by atoms with Crippen LogP contribution in [0.5, 0.6) is 0 Å². The van der Waals surface area contributed by atoms with Crippen LogP contribution in [0.1, 0.15) is 30.4 Å². The molecule has 2 aromatic carbocycles. The predicted octanol–water partition coefficient (Wildman–Crippen LogP) is 4.30. The zero-order valence-corrected chi connectivity index (χ0v) is 13.0. The van der Waals surface area contributed by atoms with Gasteiger partial charge in [-0.1, -0.05) is 42.5 Å². The lowest BCUT2D eigenvalue weighted by Crippen LogP contribution is -2.24. The Bertz CT molecular complexity index is 560. The lowest BCUT2D eigenvalue weighted by Gasteiger charge is -2.24. The molecule has 0 saturated heterocycles. The minimum absolute atomic E-state index is 0.329. The van der Waals surface area contributed by atoms with Gasteiger partial charge in [-0.15, -0.1) is 0 Å². The van der Waals surface area contributed by atoms with Crippen molar-refractivity contribution in [3.8, 4) is 0 Å². The average Bonchev–Trinajstić information content (AvgIpc) is 3.21. The predicted molar refractivity (Wildman–Crippen MR) is 86.0 cm³/mol. The molecule has 2 aromatic rings. The zero-order chi connectivity index (χ0) is 13.5. The van der Waals surface area contributed by atoms with Crippen LogP contribution in [0, 0.1) is 9.49 Å². The second-order valence-corrected chi connectivity index (χ2v) is 6.76. The number of hydrogen-bond acceptors (Lipinski definition) is 1. The molecule has 0 bridgehead atoms. The number of hydrogen-bond donors (Lipinski definition) is 1. The first-order chi connectivity index (χ1) is 9.09. The highest BCUT2D eigenvalue weighted by molar-refractivity contribution is 14.1. The number of halogens is 1. The fraction of sp³-hybridized carbons (Fsp3) is 0.294. The third-order valence-corrected chi connectivity index (χ3v) is 4.89. The van der Waals surface area contributed by atoms with E-state index in [1.165, 1.54) is 9.13 Å². The summed E-state index contributed by atoms with van der Waals surface area (Å²) >= 11 is 2.29. The largest absolute Gasteiger partial charge is 0.385 e. The normalized spacial score (nSPS) is 24.8. The van der Waals surface area contributed by atoms with Crippen LogP contribution in [-0.4, -0.2) is 5.11 Å². The van der Waals surface area contributed by atoms with E-state index in [-0.39, 0.29) is 0 Å².